The number of fused-ring (bicyclic) bond motifs is 2. The van der Waals surface area contributed by atoms with Crippen LogP contribution >= 0.6 is 0 Å². The SMILES string of the molecule is O=C1C[C@H](C(=O)NCc2ccc3c(c2)OCO3)c2ccc(F)cc2N1. The summed E-state index contributed by atoms with van der Waals surface area (Å²) in [6, 6.07) is 9.48. The number of carbonyl (C=O) groups excluding carboxylic acids is 2. The predicted molar refractivity (Wildman–Crippen MR) is 86.8 cm³/mol. The maximum Gasteiger partial charge on any atom is 0.231 e. The summed E-state index contributed by atoms with van der Waals surface area (Å²) < 4.78 is 23.9. The largest absolute Gasteiger partial charge is 0.454 e. The first-order valence-electron chi connectivity index (χ1n) is 7.86. The Morgan fingerprint density at radius 3 is 2.92 bits per heavy atom. The molecule has 4 rings (SSSR count). The van der Waals surface area contributed by atoms with Gasteiger partial charge in [0.2, 0.25) is 18.6 Å². The predicted octanol–water partition coefficient (Wildman–Crippen LogP) is 2.30. The van der Waals surface area contributed by atoms with E-state index in [1.54, 1.807) is 12.1 Å². The third-order valence-corrected chi connectivity index (χ3v) is 4.27. The maximum absolute atomic E-state index is 13.4. The molecule has 0 spiro atoms. The van der Waals surface area contributed by atoms with Crippen molar-refractivity contribution < 1.29 is 23.5 Å². The number of amides is 2. The molecule has 25 heavy (non-hydrogen) atoms. The van der Waals surface area contributed by atoms with E-state index in [2.05, 4.69) is 10.6 Å². The molecule has 7 heteroatoms. The number of ether oxygens (including phenoxy) is 2. The number of carbonyl (C=O) groups is 2. The molecule has 2 aromatic rings. The summed E-state index contributed by atoms with van der Waals surface area (Å²) in [4.78, 5) is 24.4. The van der Waals surface area contributed by atoms with Crippen molar-refractivity contribution in [1.82, 2.24) is 5.32 Å². The lowest BCUT2D eigenvalue weighted by Gasteiger charge is -2.25. The van der Waals surface area contributed by atoms with Gasteiger partial charge in [-0.05, 0) is 35.4 Å². The first-order chi connectivity index (χ1) is 12.1. The van der Waals surface area contributed by atoms with Crippen molar-refractivity contribution in [2.45, 2.75) is 18.9 Å². The normalized spacial score (nSPS) is 17.6. The lowest BCUT2D eigenvalue weighted by Crippen LogP contribution is -2.34. The van der Waals surface area contributed by atoms with Crippen molar-refractivity contribution in [3.8, 4) is 11.5 Å². The molecular formula is C18H15FN2O4. The zero-order valence-corrected chi connectivity index (χ0v) is 13.2. The number of hydrogen-bond acceptors (Lipinski definition) is 4. The average Bonchev–Trinajstić information content (AvgIpc) is 3.06. The summed E-state index contributed by atoms with van der Waals surface area (Å²) in [6.45, 7) is 0.486. The highest BCUT2D eigenvalue weighted by molar-refractivity contribution is 6.01. The number of benzene rings is 2. The van der Waals surface area contributed by atoms with Crippen LogP contribution in [0, 0.1) is 5.82 Å². The van der Waals surface area contributed by atoms with Gasteiger partial charge in [0.1, 0.15) is 5.82 Å². The number of nitrogens with one attached hydrogen (secondary N) is 2. The average molecular weight is 342 g/mol. The van der Waals surface area contributed by atoms with E-state index in [-0.39, 0.29) is 25.0 Å². The third kappa shape index (κ3) is 3.00. The van der Waals surface area contributed by atoms with Gasteiger partial charge in [-0.3, -0.25) is 9.59 Å². The van der Waals surface area contributed by atoms with Crippen LogP contribution in [0.5, 0.6) is 11.5 Å². The number of rotatable bonds is 3. The summed E-state index contributed by atoms with van der Waals surface area (Å²) in [5.41, 5.74) is 1.82. The van der Waals surface area contributed by atoms with E-state index >= 15 is 0 Å². The smallest absolute Gasteiger partial charge is 0.231 e. The molecule has 0 radical (unpaired) electrons. The van der Waals surface area contributed by atoms with Gasteiger partial charge in [0.15, 0.2) is 11.5 Å². The molecular weight excluding hydrogens is 327 g/mol. The Balaban J connectivity index is 1.49. The summed E-state index contributed by atoms with van der Waals surface area (Å²) >= 11 is 0. The van der Waals surface area contributed by atoms with Gasteiger partial charge >= 0.3 is 0 Å². The van der Waals surface area contributed by atoms with Crippen molar-refractivity contribution in [2.24, 2.45) is 0 Å². The summed E-state index contributed by atoms with van der Waals surface area (Å²) in [5, 5.41) is 5.43. The zero-order valence-electron chi connectivity index (χ0n) is 13.2. The van der Waals surface area contributed by atoms with Crippen molar-refractivity contribution >= 4 is 17.5 Å². The van der Waals surface area contributed by atoms with Crippen LogP contribution in [0.3, 0.4) is 0 Å². The van der Waals surface area contributed by atoms with Gasteiger partial charge in [0.05, 0.1) is 5.92 Å². The molecule has 128 valence electrons. The molecule has 0 aliphatic carbocycles. The van der Waals surface area contributed by atoms with Gasteiger partial charge in [-0.2, -0.15) is 0 Å². The first-order valence-corrected chi connectivity index (χ1v) is 7.86. The molecule has 0 saturated heterocycles. The van der Waals surface area contributed by atoms with Gasteiger partial charge in [0.25, 0.3) is 0 Å². The molecule has 2 aromatic carbocycles. The Hall–Kier alpha value is -3.09. The van der Waals surface area contributed by atoms with Crippen molar-refractivity contribution in [3.05, 3.63) is 53.3 Å². The van der Waals surface area contributed by atoms with Crippen LogP contribution in [0.15, 0.2) is 36.4 Å². The fraction of sp³-hybridized carbons (Fsp3) is 0.222. The van der Waals surface area contributed by atoms with E-state index < -0.39 is 11.7 Å². The molecule has 0 unspecified atom stereocenters. The van der Waals surface area contributed by atoms with Gasteiger partial charge in [-0.1, -0.05) is 12.1 Å². The maximum atomic E-state index is 13.4. The monoisotopic (exact) mass is 342 g/mol. The topological polar surface area (TPSA) is 76.7 Å². The second-order valence-electron chi connectivity index (χ2n) is 5.94. The molecule has 0 aromatic heterocycles. The van der Waals surface area contributed by atoms with E-state index in [9.17, 15) is 14.0 Å². The summed E-state index contributed by atoms with van der Waals surface area (Å²) in [5.74, 6) is -0.361. The molecule has 0 fully saturated rings. The molecule has 2 aliphatic rings. The quantitative estimate of drug-likeness (QED) is 0.897. The van der Waals surface area contributed by atoms with Gasteiger partial charge in [-0.15, -0.1) is 0 Å². The van der Waals surface area contributed by atoms with Crippen molar-refractivity contribution in [1.29, 1.82) is 0 Å². The molecule has 2 heterocycles. The lowest BCUT2D eigenvalue weighted by molar-refractivity contribution is -0.126. The van der Waals surface area contributed by atoms with E-state index in [4.69, 9.17) is 9.47 Å². The third-order valence-electron chi connectivity index (χ3n) is 4.27. The Morgan fingerprint density at radius 2 is 2.04 bits per heavy atom. The zero-order chi connectivity index (χ0) is 17.4. The van der Waals surface area contributed by atoms with E-state index in [1.807, 2.05) is 6.07 Å². The van der Waals surface area contributed by atoms with Crippen LogP contribution in [0.25, 0.3) is 0 Å². The molecule has 2 aliphatic heterocycles. The number of hydrogen-bond donors (Lipinski definition) is 2. The molecule has 2 amide bonds. The Labute approximate surface area is 142 Å². The molecule has 6 nitrogen and oxygen atoms in total. The van der Waals surface area contributed by atoms with Crippen LogP contribution in [-0.4, -0.2) is 18.6 Å². The number of halogens is 1. The minimum absolute atomic E-state index is 0.0333. The minimum atomic E-state index is -0.640. The summed E-state index contributed by atoms with van der Waals surface area (Å²) in [6.07, 6.45) is 0.0333. The van der Waals surface area contributed by atoms with Crippen molar-refractivity contribution in [2.75, 3.05) is 12.1 Å². The van der Waals surface area contributed by atoms with E-state index in [0.717, 1.165) is 5.56 Å². The molecule has 0 bridgehead atoms. The fourth-order valence-corrected chi connectivity index (χ4v) is 3.03. The Kier molecular flexibility index (Phi) is 3.76. The van der Waals surface area contributed by atoms with Gasteiger partial charge in [0, 0.05) is 18.7 Å². The van der Waals surface area contributed by atoms with E-state index in [0.29, 0.717) is 29.3 Å². The lowest BCUT2D eigenvalue weighted by atomic mass is 9.89. The second kappa shape index (κ2) is 6.08. The Morgan fingerprint density at radius 1 is 1.20 bits per heavy atom. The van der Waals surface area contributed by atoms with Crippen LogP contribution in [0.4, 0.5) is 10.1 Å². The fourth-order valence-electron chi connectivity index (χ4n) is 3.03. The van der Waals surface area contributed by atoms with Crippen LogP contribution < -0.4 is 20.1 Å². The highest BCUT2D eigenvalue weighted by Gasteiger charge is 2.30. The summed E-state index contributed by atoms with van der Waals surface area (Å²) in [7, 11) is 0. The minimum Gasteiger partial charge on any atom is -0.454 e. The standard InChI is InChI=1S/C18H15FN2O4/c19-11-2-3-12-13(7-17(22)21-14(12)6-11)18(23)20-8-10-1-4-15-16(5-10)25-9-24-15/h1-6,13H,7-9H2,(H,20,23)(H,21,22)/t13-/m0/s1. The van der Waals surface area contributed by atoms with Gasteiger partial charge in [-0.25, -0.2) is 4.39 Å². The van der Waals surface area contributed by atoms with Crippen LogP contribution in [0.1, 0.15) is 23.5 Å². The van der Waals surface area contributed by atoms with Crippen molar-refractivity contribution in [3.63, 3.8) is 0 Å². The van der Waals surface area contributed by atoms with E-state index in [1.165, 1.54) is 18.2 Å². The van der Waals surface area contributed by atoms with Gasteiger partial charge < -0.3 is 20.1 Å². The molecule has 0 saturated carbocycles. The Bertz CT molecular complexity index is 868. The molecule has 2 N–H and O–H groups in total. The highest BCUT2D eigenvalue weighted by Crippen LogP contribution is 2.34. The second-order valence-corrected chi connectivity index (χ2v) is 5.94. The number of anilines is 1. The first kappa shape index (κ1) is 15.4. The van der Waals surface area contributed by atoms with Crippen LogP contribution in [0.2, 0.25) is 0 Å². The highest BCUT2D eigenvalue weighted by atomic mass is 19.1. The molecule has 1 atom stereocenters. The van der Waals surface area contributed by atoms with Crippen LogP contribution in [-0.2, 0) is 16.1 Å².